The van der Waals surface area contributed by atoms with Gasteiger partial charge < -0.3 is 10.6 Å². The number of carbonyl (C=O) groups excluding carboxylic acids is 1. The molecule has 1 atom stereocenters. The lowest BCUT2D eigenvalue weighted by Gasteiger charge is -2.24. The Morgan fingerprint density at radius 2 is 2.38 bits per heavy atom. The Morgan fingerprint density at radius 3 is 3.06 bits per heavy atom. The molecule has 1 saturated heterocycles. The van der Waals surface area contributed by atoms with E-state index in [1.807, 2.05) is 11.0 Å². The lowest BCUT2D eigenvalue weighted by atomic mass is 10.0. The maximum atomic E-state index is 11.7. The van der Waals surface area contributed by atoms with Gasteiger partial charge in [0.1, 0.15) is 0 Å². The second-order valence-electron chi connectivity index (χ2n) is 4.36. The molecule has 0 saturated carbocycles. The van der Waals surface area contributed by atoms with E-state index in [1.54, 1.807) is 0 Å². The molecule has 0 aromatic heterocycles. The van der Waals surface area contributed by atoms with Gasteiger partial charge in [0.2, 0.25) is 5.91 Å². The maximum absolute atomic E-state index is 11.7. The number of nitrogens with two attached hydrogens (primary N) is 1. The molecule has 0 bridgehead atoms. The predicted molar refractivity (Wildman–Crippen MR) is 63.9 cm³/mol. The fourth-order valence-electron chi connectivity index (χ4n) is 2.41. The van der Waals surface area contributed by atoms with E-state index in [2.05, 4.69) is 25.1 Å². The maximum Gasteiger partial charge on any atom is 0.236 e. The highest BCUT2D eigenvalue weighted by Crippen LogP contribution is 2.31. The standard InChI is InChI=1S/C13H18N2O/c1-10-4-2-5-11(8-10)12-6-3-7-15(12)13(16)9-14/h2,4-5,8,12H,3,6-7,9,14H2,1H3. The summed E-state index contributed by atoms with van der Waals surface area (Å²) in [5.41, 5.74) is 7.91. The first-order valence-electron chi connectivity index (χ1n) is 5.78. The third-order valence-electron chi connectivity index (χ3n) is 3.17. The van der Waals surface area contributed by atoms with Crippen LogP contribution < -0.4 is 5.73 Å². The summed E-state index contributed by atoms with van der Waals surface area (Å²) in [6, 6.07) is 8.62. The number of hydrogen-bond acceptors (Lipinski definition) is 2. The zero-order valence-electron chi connectivity index (χ0n) is 9.65. The third-order valence-corrected chi connectivity index (χ3v) is 3.17. The summed E-state index contributed by atoms with van der Waals surface area (Å²) < 4.78 is 0. The summed E-state index contributed by atoms with van der Waals surface area (Å²) in [5, 5.41) is 0. The van der Waals surface area contributed by atoms with Crippen molar-refractivity contribution in [1.82, 2.24) is 4.90 Å². The van der Waals surface area contributed by atoms with E-state index in [1.165, 1.54) is 11.1 Å². The Hall–Kier alpha value is -1.35. The van der Waals surface area contributed by atoms with Gasteiger partial charge in [-0.25, -0.2) is 0 Å². The topological polar surface area (TPSA) is 46.3 Å². The highest BCUT2D eigenvalue weighted by molar-refractivity contribution is 5.78. The molecule has 1 aromatic carbocycles. The number of benzene rings is 1. The van der Waals surface area contributed by atoms with Crippen LogP contribution in [0.2, 0.25) is 0 Å². The van der Waals surface area contributed by atoms with Gasteiger partial charge >= 0.3 is 0 Å². The van der Waals surface area contributed by atoms with E-state index in [9.17, 15) is 4.79 Å². The summed E-state index contributed by atoms with van der Waals surface area (Å²) in [4.78, 5) is 13.6. The molecule has 0 spiro atoms. The van der Waals surface area contributed by atoms with E-state index < -0.39 is 0 Å². The van der Waals surface area contributed by atoms with E-state index >= 15 is 0 Å². The molecule has 0 aliphatic carbocycles. The minimum Gasteiger partial charge on any atom is -0.335 e. The fraction of sp³-hybridized carbons (Fsp3) is 0.462. The van der Waals surface area contributed by atoms with Gasteiger partial charge in [-0.05, 0) is 25.3 Å². The first kappa shape index (κ1) is 11.1. The van der Waals surface area contributed by atoms with Crippen LogP contribution in [0.15, 0.2) is 24.3 Å². The summed E-state index contributed by atoms with van der Waals surface area (Å²) >= 11 is 0. The van der Waals surface area contributed by atoms with Crippen molar-refractivity contribution < 1.29 is 4.79 Å². The van der Waals surface area contributed by atoms with Crippen molar-refractivity contribution in [3.63, 3.8) is 0 Å². The highest BCUT2D eigenvalue weighted by atomic mass is 16.2. The van der Waals surface area contributed by atoms with Gasteiger partial charge in [0.25, 0.3) is 0 Å². The van der Waals surface area contributed by atoms with Gasteiger partial charge in [-0.3, -0.25) is 4.79 Å². The van der Waals surface area contributed by atoms with Gasteiger partial charge in [-0.1, -0.05) is 29.8 Å². The Balaban J connectivity index is 2.23. The number of nitrogens with zero attached hydrogens (tertiary/aromatic N) is 1. The number of amides is 1. The zero-order valence-corrected chi connectivity index (χ0v) is 9.65. The lowest BCUT2D eigenvalue weighted by Crippen LogP contribution is -2.35. The minimum absolute atomic E-state index is 0.0593. The lowest BCUT2D eigenvalue weighted by molar-refractivity contribution is -0.130. The van der Waals surface area contributed by atoms with Crippen LogP contribution in [0.25, 0.3) is 0 Å². The van der Waals surface area contributed by atoms with Crippen molar-refractivity contribution in [1.29, 1.82) is 0 Å². The van der Waals surface area contributed by atoms with Crippen LogP contribution in [-0.4, -0.2) is 23.9 Å². The number of likely N-dealkylation sites (tertiary alicyclic amines) is 1. The molecule has 1 aromatic rings. The van der Waals surface area contributed by atoms with Gasteiger partial charge in [0, 0.05) is 6.54 Å². The minimum atomic E-state index is 0.0593. The first-order chi connectivity index (χ1) is 7.72. The Morgan fingerprint density at radius 1 is 1.56 bits per heavy atom. The Labute approximate surface area is 96.2 Å². The SMILES string of the molecule is Cc1cccc(C2CCCN2C(=O)CN)c1. The molecule has 1 fully saturated rings. The van der Waals surface area contributed by atoms with Crippen molar-refractivity contribution >= 4 is 5.91 Å². The third kappa shape index (κ3) is 2.09. The Kier molecular flexibility index (Phi) is 3.25. The molecule has 86 valence electrons. The average molecular weight is 218 g/mol. The molecule has 1 aliphatic rings. The van der Waals surface area contributed by atoms with Gasteiger partial charge in [-0.15, -0.1) is 0 Å². The molecular weight excluding hydrogens is 200 g/mol. The van der Waals surface area contributed by atoms with Gasteiger partial charge in [0.05, 0.1) is 12.6 Å². The predicted octanol–water partition coefficient (Wildman–Crippen LogP) is 1.62. The summed E-state index contributed by atoms with van der Waals surface area (Å²) in [7, 11) is 0. The van der Waals surface area contributed by atoms with Crippen LogP contribution in [0.4, 0.5) is 0 Å². The molecule has 1 amide bonds. The fourth-order valence-corrected chi connectivity index (χ4v) is 2.41. The highest BCUT2D eigenvalue weighted by Gasteiger charge is 2.28. The monoisotopic (exact) mass is 218 g/mol. The van der Waals surface area contributed by atoms with Crippen LogP contribution in [0.3, 0.4) is 0 Å². The van der Waals surface area contributed by atoms with Crippen LogP contribution in [0.5, 0.6) is 0 Å². The van der Waals surface area contributed by atoms with E-state index in [0.29, 0.717) is 0 Å². The van der Waals surface area contributed by atoms with Crippen LogP contribution in [0, 0.1) is 6.92 Å². The van der Waals surface area contributed by atoms with E-state index in [0.717, 1.165) is 19.4 Å². The molecule has 0 radical (unpaired) electrons. The molecule has 2 rings (SSSR count). The van der Waals surface area contributed by atoms with Crippen molar-refractivity contribution in [3.05, 3.63) is 35.4 Å². The molecule has 3 heteroatoms. The van der Waals surface area contributed by atoms with E-state index in [4.69, 9.17) is 5.73 Å². The van der Waals surface area contributed by atoms with Crippen LogP contribution >= 0.6 is 0 Å². The average Bonchev–Trinajstić information content (AvgIpc) is 2.77. The van der Waals surface area contributed by atoms with Crippen molar-refractivity contribution in [3.8, 4) is 0 Å². The first-order valence-corrected chi connectivity index (χ1v) is 5.78. The number of aryl methyl sites for hydroxylation is 1. The number of carbonyl (C=O) groups is 1. The molecule has 16 heavy (non-hydrogen) atoms. The summed E-state index contributed by atoms with van der Waals surface area (Å²) in [6.45, 7) is 3.03. The van der Waals surface area contributed by atoms with Crippen LogP contribution in [-0.2, 0) is 4.79 Å². The second-order valence-corrected chi connectivity index (χ2v) is 4.36. The molecule has 3 nitrogen and oxygen atoms in total. The molecule has 2 N–H and O–H groups in total. The summed E-state index contributed by atoms with van der Waals surface area (Å²) in [5.74, 6) is 0.0593. The Bertz CT molecular complexity index is 389. The normalized spacial score (nSPS) is 20.1. The smallest absolute Gasteiger partial charge is 0.236 e. The number of rotatable bonds is 2. The van der Waals surface area contributed by atoms with Crippen molar-refractivity contribution in [2.45, 2.75) is 25.8 Å². The largest absolute Gasteiger partial charge is 0.335 e. The second kappa shape index (κ2) is 4.66. The van der Waals surface area contributed by atoms with E-state index in [-0.39, 0.29) is 18.5 Å². The quantitative estimate of drug-likeness (QED) is 0.820. The van der Waals surface area contributed by atoms with Crippen LogP contribution in [0.1, 0.15) is 30.0 Å². The molecule has 1 unspecified atom stereocenters. The molecule has 1 aliphatic heterocycles. The van der Waals surface area contributed by atoms with Gasteiger partial charge in [0.15, 0.2) is 0 Å². The zero-order chi connectivity index (χ0) is 11.5. The van der Waals surface area contributed by atoms with Gasteiger partial charge in [-0.2, -0.15) is 0 Å². The van der Waals surface area contributed by atoms with Crippen molar-refractivity contribution in [2.24, 2.45) is 5.73 Å². The summed E-state index contributed by atoms with van der Waals surface area (Å²) in [6.07, 6.45) is 2.12. The van der Waals surface area contributed by atoms with Crippen molar-refractivity contribution in [2.75, 3.05) is 13.1 Å². The number of hydrogen-bond donors (Lipinski definition) is 1. The molecular formula is C13H18N2O. The molecule has 1 heterocycles.